The average molecular weight is 324 g/mol. The first-order valence-electron chi connectivity index (χ1n) is 5.18. The Labute approximate surface area is 120 Å². The Hall–Kier alpha value is -1.66. The van der Waals surface area contributed by atoms with Crippen LogP contribution in [0.15, 0.2) is 35.3 Å². The van der Waals surface area contributed by atoms with Crippen LogP contribution in [0.25, 0.3) is 5.69 Å². The van der Waals surface area contributed by atoms with E-state index in [9.17, 15) is 23.1 Å². The van der Waals surface area contributed by atoms with Crippen molar-refractivity contribution in [2.24, 2.45) is 0 Å². The lowest BCUT2D eigenvalue weighted by molar-refractivity contribution is -0.137. The number of hydrogen-bond acceptors (Lipinski definition) is 2. The summed E-state index contributed by atoms with van der Waals surface area (Å²) < 4.78 is 38.3. The first-order valence-corrected chi connectivity index (χ1v) is 5.94. The van der Waals surface area contributed by atoms with Gasteiger partial charge in [-0.25, -0.2) is 0 Å². The third-order valence-electron chi connectivity index (χ3n) is 2.49. The van der Waals surface area contributed by atoms with Crippen molar-refractivity contribution in [2.75, 3.05) is 0 Å². The molecule has 0 saturated carbocycles. The summed E-state index contributed by atoms with van der Waals surface area (Å²) >= 11 is 11.7. The van der Waals surface area contributed by atoms with Crippen LogP contribution in [0.3, 0.4) is 0 Å². The maximum atomic E-state index is 12.5. The number of phenols is 1. The zero-order chi connectivity index (χ0) is 15.1. The molecule has 1 heterocycles. The zero-order valence-electron chi connectivity index (χ0n) is 9.58. The van der Waals surface area contributed by atoms with E-state index in [1.807, 2.05) is 0 Å². The van der Waals surface area contributed by atoms with Crippen LogP contribution < -0.4 is 5.56 Å². The van der Waals surface area contributed by atoms with Crippen LogP contribution in [0, 0.1) is 0 Å². The second-order valence-electron chi connectivity index (χ2n) is 3.88. The number of benzene rings is 1. The van der Waals surface area contributed by atoms with Crippen molar-refractivity contribution < 1.29 is 18.3 Å². The molecule has 0 atom stereocenters. The molecule has 0 aliphatic carbocycles. The van der Waals surface area contributed by atoms with E-state index in [1.54, 1.807) is 0 Å². The van der Waals surface area contributed by atoms with Gasteiger partial charge >= 0.3 is 6.18 Å². The van der Waals surface area contributed by atoms with E-state index >= 15 is 0 Å². The highest BCUT2D eigenvalue weighted by Crippen LogP contribution is 2.33. The molecule has 0 amide bonds. The molecule has 0 aliphatic rings. The number of alkyl halides is 3. The van der Waals surface area contributed by atoms with Crippen LogP contribution in [0.2, 0.25) is 10.0 Å². The molecule has 2 aromatic rings. The summed E-state index contributed by atoms with van der Waals surface area (Å²) in [6.45, 7) is 0. The van der Waals surface area contributed by atoms with Crippen molar-refractivity contribution >= 4 is 23.2 Å². The second kappa shape index (κ2) is 5.03. The van der Waals surface area contributed by atoms with Gasteiger partial charge in [0.1, 0.15) is 5.75 Å². The molecule has 8 heteroatoms. The Bertz CT molecular complexity index is 702. The van der Waals surface area contributed by atoms with E-state index in [2.05, 4.69) is 0 Å². The van der Waals surface area contributed by atoms with Crippen LogP contribution >= 0.6 is 23.2 Å². The van der Waals surface area contributed by atoms with Crippen molar-refractivity contribution in [3.8, 4) is 11.4 Å². The highest BCUT2D eigenvalue weighted by Gasteiger charge is 2.31. The van der Waals surface area contributed by atoms with Crippen molar-refractivity contribution in [3.63, 3.8) is 0 Å². The van der Waals surface area contributed by atoms with Crippen LogP contribution in [0.5, 0.6) is 5.75 Å². The molecule has 0 radical (unpaired) electrons. The van der Waals surface area contributed by atoms with Gasteiger partial charge in [-0.2, -0.15) is 13.2 Å². The molecule has 2 rings (SSSR count). The van der Waals surface area contributed by atoms with E-state index in [0.717, 1.165) is 29.0 Å². The summed E-state index contributed by atoms with van der Waals surface area (Å²) in [6, 6.07) is 3.44. The predicted octanol–water partition coefficient (Wildman–Crippen LogP) is 3.87. The smallest absolute Gasteiger partial charge is 0.416 e. The van der Waals surface area contributed by atoms with Crippen molar-refractivity contribution in [1.29, 1.82) is 0 Å². The fourth-order valence-electron chi connectivity index (χ4n) is 1.62. The number of nitrogens with zero attached hydrogens (tertiary/aromatic N) is 1. The van der Waals surface area contributed by atoms with Crippen molar-refractivity contribution in [3.05, 3.63) is 56.4 Å². The number of rotatable bonds is 1. The lowest BCUT2D eigenvalue weighted by Crippen LogP contribution is -2.20. The van der Waals surface area contributed by atoms with Crippen molar-refractivity contribution in [2.45, 2.75) is 6.18 Å². The van der Waals surface area contributed by atoms with Gasteiger partial charge in [0.15, 0.2) is 0 Å². The van der Waals surface area contributed by atoms with Gasteiger partial charge in [0.05, 0.1) is 21.3 Å². The largest absolute Gasteiger partial charge is 0.508 e. The van der Waals surface area contributed by atoms with Gasteiger partial charge in [-0.15, -0.1) is 0 Å². The second-order valence-corrected chi connectivity index (χ2v) is 4.69. The van der Waals surface area contributed by atoms with Crippen molar-refractivity contribution in [1.82, 2.24) is 4.57 Å². The Kier molecular flexibility index (Phi) is 3.71. The number of pyridine rings is 1. The van der Waals surface area contributed by atoms with E-state index in [4.69, 9.17) is 23.2 Å². The molecule has 3 nitrogen and oxygen atoms in total. The quantitative estimate of drug-likeness (QED) is 0.865. The monoisotopic (exact) mass is 323 g/mol. The fraction of sp³-hybridized carbons (Fsp3) is 0.0833. The number of hydrogen-bond donors (Lipinski definition) is 1. The van der Waals surface area contributed by atoms with Gasteiger partial charge in [-0.05, 0) is 6.07 Å². The number of phenolic OH excluding ortho intramolecular Hbond substituents is 1. The Morgan fingerprint density at radius 3 is 2.10 bits per heavy atom. The molecule has 0 unspecified atom stereocenters. The maximum Gasteiger partial charge on any atom is 0.416 e. The van der Waals surface area contributed by atoms with Gasteiger partial charge in [-0.1, -0.05) is 23.2 Å². The molecule has 0 bridgehead atoms. The molecular weight excluding hydrogens is 318 g/mol. The summed E-state index contributed by atoms with van der Waals surface area (Å²) in [5.74, 6) is -0.219. The topological polar surface area (TPSA) is 42.2 Å². The molecule has 0 fully saturated rings. The molecule has 106 valence electrons. The van der Waals surface area contributed by atoms with Crippen LogP contribution in [-0.4, -0.2) is 9.67 Å². The van der Waals surface area contributed by atoms with Gasteiger partial charge in [-0.3, -0.25) is 9.36 Å². The molecule has 1 N–H and O–H groups in total. The normalized spacial score (nSPS) is 11.7. The summed E-state index contributed by atoms with van der Waals surface area (Å²) in [5, 5.41) is 9.16. The minimum atomic E-state index is -4.61. The van der Waals surface area contributed by atoms with Gasteiger partial charge in [0, 0.05) is 24.4 Å². The Morgan fingerprint density at radius 1 is 1.10 bits per heavy atom. The van der Waals surface area contributed by atoms with Gasteiger partial charge in [0.2, 0.25) is 0 Å². The molecule has 1 aromatic heterocycles. The average Bonchev–Trinajstić information content (AvgIpc) is 2.28. The lowest BCUT2D eigenvalue weighted by Gasteiger charge is -2.12. The number of aromatic hydroxyl groups is 1. The fourth-order valence-corrected chi connectivity index (χ4v) is 2.28. The lowest BCUT2D eigenvalue weighted by atomic mass is 10.2. The third kappa shape index (κ3) is 2.76. The minimum Gasteiger partial charge on any atom is -0.508 e. The first kappa shape index (κ1) is 14.7. The number of halogens is 5. The number of aromatic nitrogens is 1. The highest BCUT2D eigenvalue weighted by atomic mass is 35.5. The van der Waals surface area contributed by atoms with E-state index in [1.165, 1.54) is 0 Å². The Balaban J connectivity index is 2.64. The Morgan fingerprint density at radius 2 is 1.65 bits per heavy atom. The van der Waals surface area contributed by atoms with Crippen LogP contribution in [-0.2, 0) is 6.18 Å². The maximum absolute atomic E-state index is 12.5. The summed E-state index contributed by atoms with van der Waals surface area (Å²) in [4.78, 5) is 11.8. The molecule has 1 aromatic carbocycles. The van der Waals surface area contributed by atoms with Gasteiger partial charge in [0.25, 0.3) is 5.56 Å². The summed E-state index contributed by atoms with van der Waals surface area (Å²) in [6.07, 6.45) is -3.68. The highest BCUT2D eigenvalue weighted by molar-refractivity contribution is 6.38. The standard InChI is InChI=1S/C12H6Cl2F3NO2/c13-8-4-7(19)5-9(14)11(8)18-2-1-6(3-10(18)20)12(15,16)17/h1-5,19H. The van der Waals surface area contributed by atoms with E-state index in [0.29, 0.717) is 6.07 Å². The summed E-state index contributed by atoms with van der Waals surface area (Å²) in [7, 11) is 0. The van der Waals surface area contributed by atoms with Crippen LogP contribution in [0.4, 0.5) is 13.2 Å². The molecule has 0 saturated heterocycles. The molecule has 20 heavy (non-hydrogen) atoms. The van der Waals surface area contributed by atoms with Gasteiger partial charge < -0.3 is 5.11 Å². The zero-order valence-corrected chi connectivity index (χ0v) is 11.1. The predicted molar refractivity (Wildman–Crippen MR) is 68.7 cm³/mol. The summed E-state index contributed by atoms with van der Waals surface area (Å²) in [5.41, 5.74) is -2.00. The minimum absolute atomic E-state index is 0.00450. The first-order chi connectivity index (χ1) is 9.20. The van der Waals surface area contributed by atoms with E-state index in [-0.39, 0.29) is 21.5 Å². The third-order valence-corrected chi connectivity index (χ3v) is 3.07. The molecule has 0 aliphatic heterocycles. The SMILES string of the molecule is O=c1cc(C(F)(F)F)ccn1-c1c(Cl)cc(O)cc1Cl. The van der Waals surface area contributed by atoms with E-state index < -0.39 is 17.3 Å². The van der Waals surface area contributed by atoms with Crippen LogP contribution in [0.1, 0.15) is 5.56 Å². The molecule has 0 spiro atoms. The molecular formula is C12H6Cl2F3NO2.